The van der Waals surface area contributed by atoms with Crippen LogP contribution in [0.2, 0.25) is 5.02 Å². The number of pyridine rings is 1. The molecule has 2 aromatic heterocycles. The van der Waals surface area contributed by atoms with Gasteiger partial charge in [0.2, 0.25) is 5.91 Å². The molecule has 0 atom stereocenters. The van der Waals surface area contributed by atoms with Gasteiger partial charge in [-0.2, -0.15) is 0 Å². The summed E-state index contributed by atoms with van der Waals surface area (Å²) in [5.41, 5.74) is 3.42. The zero-order valence-electron chi connectivity index (χ0n) is 15.4. The van der Waals surface area contributed by atoms with Crippen molar-refractivity contribution in [1.82, 2.24) is 20.3 Å². The standard InChI is InChI=1S/C20H21ClN6O/c1-14(28)23-7-3-8-24-19-12-22-9-6-17(19)18-11-20(26-13-25-18)27-16-5-2-4-15(21)10-16/h2,4-6,9-13,24H,3,7-8H2,1H3,(H,23,28)(H,25,26,27). The SMILES string of the molecule is CC(=O)NCCCNc1cnccc1-c1cc(Nc2cccc(Cl)c2)ncn1. The lowest BCUT2D eigenvalue weighted by Gasteiger charge is -2.12. The van der Waals surface area contributed by atoms with Crippen LogP contribution in [0.4, 0.5) is 17.2 Å². The highest BCUT2D eigenvalue weighted by atomic mass is 35.5. The van der Waals surface area contributed by atoms with Crippen LogP contribution in [0.15, 0.2) is 55.1 Å². The van der Waals surface area contributed by atoms with Gasteiger partial charge >= 0.3 is 0 Å². The van der Waals surface area contributed by atoms with E-state index < -0.39 is 0 Å². The van der Waals surface area contributed by atoms with Crippen LogP contribution < -0.4 is 16.0 Å². The van der Waals surface area contributed by atoms with Crippen molar-refractivity contribution in [3.63, 3.8) is 0 Å². The molecule has 3 N–H and O–H groups in total. The molecule has 0 aliphatic carbocycles. The number of anilines is 3. The van der Waals surface area contributed by atoms with Gasteiger partial charge in [0, 0.05) is 48.5 Å². The first kappa shape index (κ1) is 19.6. The predicted molar refractivity (Wildman–Crippen MR) is 112 cm³/mol. The molecule has 8 heteroatoms. The van der Waals surface area contributed by atoms with Crippen LogP contribution in [0.3, 0.4) is 0 Å². The fourth-order valence-electron chi connectivity index (χ4n) is 2.62. The molecule has 3 rings (SSSR count). The summed E-state index contributed by atoms with van der Waals surface area (Å²) in [4.78, 5) is 23.8. The fourth-order valence-corrected chi connectivity index (χ4v) is 2.81. The number of benzene rings is 1. The van der Waals surface area contributed by atoms with E-state index in [0.29, 0.717) is 23.9 Å². The summed E-state index contributed by atoms with van der Waals surface area (Å²) in [7, 11) is 0. The second-order valence-corrected chi connectivity index (χ2v) is 6.54. The molecule has 0 aliphatic rings. The van der Waals surface area contributed by atoms with Gasteiger partial charge < -0.3 is 16.0 Å². The summed E-state index contributed by atoms with van der Waals surface area (Å²) >= 11 is 6.04. The Morgan fingerprint density at radius 2 is 2.04 bits per heavy atom. The highest BCUT2D eigenvalue weighted by Crippen LogP contribution is 2.27. The first-order chi connectivity index (χ1) is 13.6. The zero-order valence-corrected chi connectivity index (χ0v) is 16.2. The number of rotatable bonds is 8. The maximum atomic E-state index is 10.9. The Bertz CT molecular complexity index is 949. The quantitative estimate of drug-likeness (QED) is 0.500. The van der Waals surface area contributed by atoms with E-state index in [1.54, 1.807) is 12.4 Å². The number of amides is 1. The first-order valence-electron chi connectivity index (χ1n) is 8.89. The van der Waals surface area contributed by atoms with E-state index in [1.807, 2.05) is 36.4 Å². The highest BCUT2D eigenvalue weighted by molar-refractivity contribution is 6.30. The monoisotopic (exact) mass is 396 g/mol. The second kappa shape index (κ2) is 9.66. The van der Waals surface area contributed by atoms with Gasteiger partial charge in [-0.3, -0.25) is 9.78 Å². The molecule has 0 radical (unpaired) electrons. The van der Waals surface area contributed by atoms with Crippen molar-refractivity contribution in [2.45, 2.75) is 13.3 Å². The van der Waals surface area contributed by atoms with Gasteiger partial charge in [-0.05, 0) is 30.7 Å². The molecule has 0 saturated carbocycles. The minimum Gasteiger partial charge on any atom is -0.383 e. The maximum absolute atomic E-state index is 10.9. The number of carbonyl (C=O) groups is 1. The molecule has 0 bridgehead atoms. The summed E-state index contributed by atoms with van der Waals surface area (Å²) in [5, 5.41) is 10.0. The third-order valence-corrected chi connectivity index (χ3v) is 4.14. The largest absolute Gasteiger partial charge is 0.383 e. The molecule has 0 saturated heterocycles. The Morgan fingerprint density at radius 1 is 1.14 bits per heavy atom. The van der Waals surface area contributed by atoms with E-state index in [1.165, 1.54) is 13.3 Å². The topological polar surface area (TPSA) is 91.8 Å². The van der Waals surface area contributed by atoms with Crippen molar-refractivity contribution in [1.29, 1.82) is 0 Å². The van der Waals surface area contributed by atoms with Crippen LogP contribution in [0.25, 0.3) is 11.3 Å². The van der Waals surface area contributed by atoms with Crippen molar-refractivity contribution in [2.24, 2.45) is 0 Å². The number of nitrogens with zero attached hydrogens (tertiary/aromatic N) is 3. The smallest absolute Gasteiger partial charge is 0.216 e. The number of nitrogens with one attached hydrogen (secondary N) is 3. The van der Waals surface area contributed by atoms with Crippen molar-refractivity contribution >= 4 is 34.7 Å². The maximum Gasteiger partial charge on any atom is 0.216 e. The molecule has 0 unspecified atom stereocenters. The third-order valence-electron chi connectivity index (χ3n) is 3.90. The van der Waals surface area contributed by atoms with E-state index in [4.69, 9.17) is 11.6 Å². The molecule has 1 amide bonds. The molecule has 7 nitrogen and oxygen atoms in total. The van der Waals surface area contributed by atoms with Crippen molar-refractivity contribution < 1.29 is 4.79 Å². The van der Waals surface area contributed by atoms with Crippen LogP contribution in [-0.4, -0.2) is 33.9 Å². The molecule has 0 spiro atoms. The van der Waals surface area contributed by atoms with E-state index in [9.17, 15) is 4.79 Å². The molecule has 3 aromatic rings. The average molecular weight is 397 g/mol. The number of hydrogen-bond donors (Lipinski definition) is 3. The molecule has 0 aliphatic heterocycles. The van der Waals surface area contributed by atoms with Gasteiger partial charge in [0.25, 0.3) is 0 Å². The fraction of sp³-hybridized carbons (Fsp3) is 0.200. The van der Waals surface area contributed by atoms with Crippen molar-refractivity contribution in [3.8, 4) is 11.3 Å². The zero-order chi connectivity index (χ0) is 19.8. The minimum absolute atomic E-state index is 0.0252. The molecule has 28 heavy (non-hydrogen) atoms. The summed E-state index contributed by atoms with van der Waals surface area (Å²) in [6.07, 6.45) is 5.81. The average Bonchev–Trinajstić information content (AvgIpc) is 2.68. The van der Waals surface area contributed by atoms with Gasteiger partial charge in [-0.25, -0.2) is 9.97 Å². The Kier molecular flexibility index (Phi) is 6.75. The molecule has 0 fully saturated rings. The Morgan fingerprint density at radius 3 is 2.86 bits per heavy atom. The van der Waals surface area contributed by atoms with Gasteiger partial charge in [0.05, 0.1) is 17.6 Å². The molecular weight excluding hydrogens is 376 g/mol. The molecular formula is C20H21ClN6O. The summed E-state index contributed by atoms with van der Waals surface area (Å²) in [6.45, 7) is 2.84. The predicted octanol–water partition coefficient (Wildman–Crippen LogP) is 3.87. The molecule has 2 heterocycles. The number of hydrogen-bond acceptors (Lipinski definition) is 6. The number of carbonyl (C=O) groups excluding carboxylic acids is 1. The number of halogens is 1. The van der Waals surface area contributed by atoms with E-state index >= 15 is 0 Å². The summed E-state index contributed by atoms with van der Waals surface area (Å²) < 4.78 is 0. The van der Waals surface area contributed by atoms with Crippen LogP contribution >= 0.6 is 11.6 Å². The second-order valence-electron chi connectivity index (χ2n) is 6.11. The van der Waals surface area contributed by atoms with E-state index in [0.717, 1.165) is 29.1 Å². The van der Waals surface area contributed by atoms with Gasteiger partial charge in [-0.15, -0.1) is 0 Å². The normalized spacial score (nSPS) is 10.4. The highest BCUT2D eigenvalue weighted by Gasteiger charge is 2.08. The minimum atomic E-state index is -0.0252. The van der Waals surface area contributed by atoms with Crippen molar-refractivity contribution in [3.05, 3.63) is 60.1 Å². The van der Waals surface area contributed by atoms with E-state index in [-0.39, 0.29) is 5.91 Å². The Labute approximate surface area is 168 Å². The lowest BCUT2D eigenvalue weighted by atomic mass is 10.1. The van der Waals surface area contributed by atoms with Crippen LogP contribution in [0.5, 0.6) is 0 Å². The van der Waals surface area contributed by atoms with Crippen LogP contribution in [-0.2, 0) is 4.79 Å². The lowest BCUT2D eigenvalue weighted by molar-refractivity contribution is -0.118. The Balaban J connectivity index is 1.72. The molecule has 144 valence electrons. The lowest BCUT2D eigenvalue weighted by Crippen LogP contribution is -2.22. The van der Waals surface area contributed by atoms with Gasteiger partial charge in [0.15, 0.2) is 0 Å². The molecule has 1 aromatic carbocycles. The van der Waals surface area contributed by atoms with E-state index in [2.05, 4.69) is 30.9 Å². The van der Waals surface area contributed by atoms with Gasteiger partial charge in [0.1, 0.15) is 12.1 Å². The van der Waals surface area contributed by atoms with Crippen LogP contribution in [0, 0.1) is 0 Å². The van der Waals surface area contributed by atoms with Gasteiger partial charge in [-0.1, -0.05) is 17.7 Å². The number of aromatic nitrogens is 3. The summed E-state index contributed by atoms with van der Waals surface area (Å²) in [6, 6.07) is 11.2. The summed E-state index contributed by atoms with van der Waals surface area (Å²) in [5.74, 6) is 0.642. The first-order valence-corrected chi connectivity index (χ1v) is 9.27. The Hall–Kier alpha value is -3.19. The van der Waals surface area contributed by atoms with Crippen molar-refractivity contribution in [2.75, 3.05) is 23.7 Å². The third kappa shape index (κ3) is 5.65. The van der Waals surface area contributed by atoms with Crippen LogP contribution in [0.1, 0.15) is 13.3 Å².